The highest BCUT2D eigenvalue weighted by atomic mass is 16.5. The number of ether oxygens (including phenoxy) is 2. The zero-order chi connectivity index (χ0) is 15.2. The SMILES string of the molecule is COc1ccc(CCNC(=O)[C@@H]2C[C@@H](O)CN2)cc1OC. The maximum absolute atomic E-state index is 11.9. The van der Waals surface area contributed by atoms with Crippen LogP contribution in [0.2, 0.25) is 0 Å². The summed E-state index contributed by atoms with van der Waals surface area (Å²) in [5.74, 6) is 1.31. The van der Waals surface area contributed by atoms with E-state index in [0.29, 0.717) is 37.4 Å². The van der Waals surface area contributed by atoms with E-state index in [0.717, 1.165) is 5.56 Å². The fourth-order valence-corrected chi connectivity index (χ4v) is 2.41. The topological polar surface area (TPSA) is 79.8 Å². The largest absolute Gasteiger partial charge is 0.493 e. The lowest BCUT2D eigenvalue weighted by Crippen LogP contribution is -2.41. The van der Waals surface area contributed by atoms with Crippen LogP contribution in [0, 0.1) is 0 Å². The van der Waals surface area contributed by atoms with Gasteiger partial charge in [0.25, 0.3) is 0 Å². The molecule has 1 aromatic carbocycles. The Kier molecular flexibility index (Phi) is 5.41. The van der Waals surface area contributed by atoms with Crippen LogP contribution in [0.25, 0.3) is 0 Å². The maximum atomic E-state index is 11.9. The molecule has 116 valence electrons. The molecule has 0 spiro atoms. The predicted molar refractivity (Wildman–Crippen MR) is 78.7 cm³/mol. The Hall–Kier alpha value is -1.79. The Bertz CT molecular complexity index is 493. The minimum Gasteiger partial charge on any atom is -0.493 e. The van der Waals surface area contributed by atoms with E-state index >= 15 is 0 Å². The van der Waals surface area contributed by atoms with E-state index in [9.17, 15) is 9.90 Å². The van der Waals surface area contributed by atoms with Crippen molar-refractivity contribution in [3.8, 4) is 11.5 Å². The van der Waals surface area contributed by atoms with Crippen molar-refractivity contribution < 1.29 is 19.4 Å². The molecule has 0 aromatic heterocycles. The van der Waals surface area contributed by atoms with Crippen molar-refractivity contribution in [2.24, 2.45) is 0 Å². The number of benzene rings is 1. The van der Waals surface area contributed by atoms with Crippen LogP contribution in [-0.4, -0.2) is 50.5 Å². The van der Waals surface area contributed by atoms with Gasteiger partial charge in [-0.2, -0.15) is 0 Å². The lowest BCUT2D eigenvalue weighted by molar-refractivity contribution is -0.122. The average Bonchev–Trinajstić information content (AvgIpc) is 2.93. The molecule has 2 atom stereocenters. The lowest BCUT2D eigenvalue weighted by Gasteiger charge is -2.12. The molecule has 1 saturated heterocycles. The first-order valence-corrected chi connectivity index (χ1v) is 7.04. The monoisotopic (exact) mass is 294 g/mol. The smallest absolute Gasteiger partial charge is 0.237 e. The van der Waals surface area contributed by atoms with Crippen molar-refractivity contribution in [1.29, 1.82) is 0 Å². The molecule has 0 aliphatic carbocycles. The second-order valence-corrected chi connectivity index (χ2v) is 5.08. The van der Waals surface area contributed by atoms with Crippen LogP contribution < -0.4 is 20.1 Å². The number of rotatable bonds is 6. The number of hydrogen-bond acceptors (Lipinski definition) is 5. The summed E-state index contributed by atoms with van der Waals surface area (Å²) in [5.41, 5.74) is 1.06. The summed E-state index contributed by atoms with van der Waals surface area (Å²) in [5, 5.41) is 15.3. The summed E-state index contributed by atoms with van der Waals surface area (Å²) in [4.78, 5) is 11.9. The first-order valence-electron chi connectivity index (χ1n) is 7.04. The van der Waals surface area contributed by atoms with Gasteiger partial charge in [0.2, 0.25) is 5.91 Å². The number of nitrogens with one attached hydrogen (secondary N) is 2. The Balaban J connectivity index is 1.82. The maximum Gasteiger partial charge on any atom is 0.237 e. The van der Waals surface area contributed by atoms with E-state index in [2.05, 4.69) is 10.6 Å². The minimum absolute atomic E-state index is 0.0629. The fourth-order valence-electron chi connectivity index (χ4n) is 2.41. The number of aliphatic hydroxyl groups excluding tert-OH is 1. The Morgan fingerprint density at radius 3 is 2.76 bits per heavy atom. The molecule has 1 amide bonds. The van der Waals surface area contributed by atoms with E-state index in [1.165, 1.54) is 0 Å². The molecule has 6 nitrogen and oxygen atoms in total. The second kappa shape index (κ2) is 7.28. The molecule has 0 radical (unpaired) electrons. The average molecular weight is 294 g/mol. The first-order chi connectivity index (χ1) is 10.1. The van der Waals surface area contributed by atoms with Crippen LogP contribution in [0.1, 0.15) is 12.0 Å². The van der Waals surface area contributed by atoms with Crippen LogP contribution in [-0.2, 0) is 11.2 Å². The zero-order valence-electron chi connectivity index (χ0n) is 12.4. The van der Waals surface area contributed by atoms with Crippen molar-refractivity contribution in [3.05, 3.63) is 23.8 Å². The molecular formula is C15H22N2O4. The standard InChI is InChI=1S/C15H22N2O4/c1-20-13-4-3-10(7-14(13)21-2)5-6-16-15(19)12-8-11(18)9-17-12/h3-4,7,11-12,17-18H,5-6,8-9H2,1-2H3,(H,16,19)/t11-,12+/m1/s1. The van der Waals surface area contributed by atoms with Gasteiger partial charge in [-0.25, -0.2) is 0 Å². The van der Waals surface area contributed by atoms with Crippen molar-refractivity contribution in [3.63, 3.8) is 0 Å². The van der Waals surface area contributed by atoms with E-state index in [1.807, 2.05) is 18.2 Å². The number of β-amino-alcohol motifs (C(OH)–C–C–N with tert-alkyl or cyclic N) is 1. The van der Waals surface area contributed by atoms with Crippen molar-refractivity contribution in [2.45, 2.75) is 25.0 Å². The van der Waals surface area contributed by atoms with Gasteiger partial charge >= 0.3 is 0 Å². The summed E-state index contributed by atoms with van der Waals surface area (Å²) in [6, 6.07) is 5.42. The molecule has 1 aliphatic heterocycles. The van der Waals surface area contributed by atoms with Gasteiger partial charge in [-0.15, -0.1) is 0 Å². The Labute approximate surface area is 124 Å². The molecule has 6 heteroatoms. The highest BCUT2D eigenvalue weighted by Crippen LogP contribution is 2.27. The quantitative estimate of drug-likeness (QED) is 0.693. The van der Waals surface area contributed by atoms with Gasteiger partial charge in [0, 0.05) is 13.1 Å². The molecular weight excluding hydrogens is 272 g/mol. The van der Waals surface area contributed by atoms with Gasteiger partial charge in [-0.1, -0.05) is 6.07 Å². The van der Waals surface area contributed by atoms with Crippen LogP contribution >= 0.6 is 0 Å². The summed E-state index contributed by atoms with van der Waals surface area (Å²) < 4.78 is 10.4. The van der Waals surface area contributed by atoms with Crippen LogP contribution in [0.3, 0.4) is 0 Å². The van der Waals surface area contributed by atoms with E-state index in [4.69, 9.17) is 9.47 Å². The molecule has 2 rings (SSSR count). The number of carbonyl (C=O) groups excluding carboxylic acids is 1. The van der Waals surface area contributed by atoms with Crippen molar-refractivity contribution >= 4 is 5.91 Å². The van der Waals surface area contributed by atoms with Gasteiger partial charge in [-0.3, -0.25) is 4.79 Å². The number of amides is 1. The summed E-state index contributed by atoms with van der Waals surface area (Å²) in [6.07, 6.45) is 0.760. The van der Waals surface area contributed by atoms with Gasteiger partial charge in [0.05, 0.1) is 26.4 Å². The molecule has 1 aromatic rings. The summed E-state index contributed by atoms with van der Waals surface area (Å²) in [7, 11) is 3.20. The number of carbonyl (C=O) groups is 1. The van der Waals surface area contributed by atoms with E-state index in [1.54, 1.807) is 14.2 Å². The van der Waals surface area contributed by atoms with E-state index < -0.39 is 6.10 Å². The number of hydrogen-bond donors (Lipinski definition) is 3. The van der Waals surface area contributed by atoms with E-state index in [-0.39, 0.29) is 11.9 Å². The predicted octanol–water partition coefficient (Wildman–Crippen LogP) is 0.0853. The molecule has 21 heavy (non-hydrogen) atoms. The molecule has 1 aliphatic rings. The van der Waals surface area contributed by atoms with Crippen LogP contribution in [0.4, 0.5) is 0 Å². The summed E-state index contributed by atoms with van der Waals surface area (Å²) in [6.45, 7) is 1.02. The van der Waals surface area contributed by atoms with Crippen molar-refractivity contribution in [1.82, 2.24) is 10.6 Å². The van der Waals surface area contributed by atoms with Crippen LogP contribution in [0.15, 0.2) is 18.2 Å². The third-order valence-electron chi connectivity index (χ3n) is 3.59. The third kappa shape index (κ3) is 4.09. The molecule has 1 heterocycles. The van der Waals surface area contributed by atoms with Crippen LogP contribution in [0.5, 0.6) is 11.5 Å². The summed E-state index contributed by atoms with van der Waals surface area (Å²) >= 11 is 0. The Morgan fingerprint density at radius 1 is 1.38 bits per heavy atom. The molecule has 0 saturated carbocycles. The second-order valence-electron chi connectivity index (χ2n) is 5.08. The fraction of sp³-hybridized carbons (Fsp3) is 0.533. The number of methoxy groups -OCH3 is 2. The van der Waals surface area contributed by atoms with Gasteiger partial charge in [0.15, 0.2) is 11.5 Å². The Morgan fingerprint density at radius 2 is 2.14 bits per heavy atom. The first kappa shape index (κ1) is 15.6. The highest BCUT2D eigenvalue weighted by Gasteiger charge is 2.27. The molecule has 0 bridgehead atoms. The molecule has 0 unspecified atom stereocenters. The van der Waals surface area contributed by atoms with Gasteiger partial charge in [-0.05, 0) is 30.5 Å². The molecule has 1 fully saturated rings. The minimum atomic E-state index is -0.424. The van der Waals surface area contributed by atoms with Gasteiger partial charge in [0.1, 0.15) is 0 Å². The normalized spacial score (nSPS) is 21.1. The third-order valence-corrected chi connectivity index (χ3v) is 3.59. The lowest BCUT2D eigenvalue weighted by atomic mass is 10.1. The highest BCUT2D eigenvalue weighted by molar-refractivity contribution is 5.82. The molecule has 3 N–H and O–H groups in total. The zero-order valence-corrected chi connectivity index (χ0v) is 12.4. The van der Waals surface area contributed by atoms with Crippen molar-refractivity contribution in [2.75, 3.05) is 27.3 Å². The number of aliphatic hydroxyl groups is 1. The van der Waals surface area contributed by atoms with Gasteiger partial charge < -0.3 is 25.2 Å².